The van der Waals surface area contributed by atoms with Crippen LogP contribution in [-0.4, -0.2) is 11.7 Å². The van der Waals surface area contributed by atoms with E-state index >= 15 is 0 Å². The molecular formula is C14H22O. The first-order valence-corrected chi connectivity index (χ1v) is 5.72. The molecule has 0 aromatic heterocycles. The summed E-state index contributed by atoms with van der Waals surface area (Å²) in [6, 6.07) is 8.64. The van der Waals surface area contributed by atoms with E-state index in [2.05, 4.69) is 52.0 Å². The van der Waals surface area contributed by atoms with Gasteiger partial charge in [-0.3, -0.25) is 0 Å². The summed E-state index contributed by atoms with van der Waals surface area (Å²) in [5.41, 5.74) is 2.46. The molecule has 0 aliphatic rings. The number of aliphatic hydroxyl groups excluding tert-OH is 1. The number of hydrogen-bond acceptors (Lipinski definition) is 1. The predicted octanol–water partition coefficient (Wildman–Crippen LogP) is 3.47. The highest BCUT2D eigenvalue weighted by molar-refractivity contribution is 5.29. The fraction of sp³-hybridized carbons (Fsp3) is 0.571. The molecule has 0 aliphatic carbocycles. The highest BCUT2D eigenvalue weighted by Gasteiger charge is 2.19. The Morgan fingerprint density at radius 2 is 1.73 bits per heavy atom. The average molecular weight is 206 g/mol. The molecule has 1 atom stereocenters. The van der Waals surface area contributed by atoms with Crippen molar-refractivity contribution in [1.29, 1.82) is 0 Å². The molecule has 1 unspecified atom stereocenters. The van der Waals surface area contributed by atoms with Crippen LogP contribution in [0, 0.1) is 0 Å². The van der Waals surface area contributed by atoms with Crippen LogP contribution >= 0.6 is 0 Å². The minimum absolute atomic E-state index is 0.131. The molecule has 0 heterocycles. The van der Waals surface area contributed by atoms with E-state index in [4.69, 9.17) is 0 Å². The molecule has 1 nitrogen and oxygen atoms in total. The smallest absolute Gasteiger partial charge is 0.0522 e. The van der Waals surface area contributed by atoms with Crippen LogP contribution in [0.15, 0.2) is 24.3 Å². The quantitative estimate of drug-likeness (QED) is 0.799. The van der Waals surface area contributed by atoms with Crippen molar-refractivity contribution >= 4 is 0 Å². The lowest BCUT2D eigenvalue weighted by atomic mass is 9.84. The van der Waals surface area contributed by atoms with Gasteiger partial charge in [-0.25, -0.2) is 0 Å². The van der Waals surface area contributed by atoms with Gasteiger partial charge in [-0.05, 0) is 23.5 Å². The van der Waals surface area contributed by atoms with E-state index in [9.17, 15) is 5.11 Å². The van der Waals surface area contributed by atoms with Gasteiger partial charge in [0.05, 0.1) is 6.61 Å². The van der Waals surface area contributed by atoms with E-state index in [0.29, 0.717) is 5.92 Å². The fourth-order valence-corrected chi connectivity index (χ4v) is 1.59. The van der Waals surface area contributed by atoms with Gasteiger partial charge in [0.2, 0.25) is 0 Å². The standard InChI is InChI=1S/C14H22O/c1-5-11(2)12-6-8-13(9-7-12)14(3,4)10-15/h6-9,11,15H,5,10H2,1-4H3. The van der Waals surface area contributed by atoms with Gasteiger partial charge in [0, 0.05) is 5.41 Å². The molecule has 0 saturated carbocycles. The zero-order valence-corrected chi connectivity index (χ0v) is 10.2. The van der Waals surface area contributed by atoms with Gasteiger partial charge in [0.1, 0.15) is 0 Å². The Morgan fingerprint density at radius 3 is 2.13 bits per heavy atom. The summed E-state index contributed by atoms with van der Waals surface area (Å²) in [6.07, 6.45) is 1.17. The molecule has 0 radical (unpaired) electrons. The Bertz CT molecular complexity index is 298. The first kappa shape index (κ1) is 12.3. The van der Waals surface area contributed by atoms with Crippen molar-refractivity contribution in [3.05, 3.63) is 35.4 Å². The van der Waals surface area contributed by atoms with E-state index in [1.165, 1.54) is 17.5 Å². The Kier molecular flexibility index (Phi) is 3.92. The van der Waals surface area contributed by atoms with Crippen LogP contribution in [0.4, 0.5) is 0 Å². The van der Waals surface area contributed by atoms with Crippen LogP contribution in [0.2, 0.25) is 0 Å². The maximum Gasteiger partial charge on any atom is 0.0522 e. The molecule has 0 spiro atoms. The monoisotopic (exact) mass is 206 g/mol. The summed E-state index contributed by atoms with van der Waals surface area (Å²) >= 11 is 0. The summed E-state index contributed by atoms with van der Waals surface area (Å²) in [5.74, 6) is 0.622. The van der Waals surface area contributed by atoms with Crippen LogP contribution in [-0.2, 0) is 5.41 Å². The minimum Gasteiger partial charge on any atom is -0.395 e. The number of aliphatic hydroxyl groups is 1. The molecule has 0 aliphatic heterocycles. The lowest BCUT2D eigenvalue weighted by Crippen LogP contribution is -2.21. The molecule has 84 valence electrons. The molecule has 0 amide bonds. The lowest BCUT2D eigenvalue weighted by Gasteiger charge is -2.22. The molecule has 1 heteroatoms. The Hall–Kier alpha value is -0.820. The topological polar surface area (TPSA) is 20.2 Å². The Balaban J connectivity index is 2.90. The molecule has 0 saturated heterocycles. The van der Waals surface area contributed by atoms with Crippen molar-refractivity contribution in [3.8, 4) is 0 Å². The summed E-state index contributed by atoms with van der Waals surface area (Å²) in [4.78, 5) is 0. The lowest BCUT2D eigenvalue weighted by molar-refractivity contribution is 0.218. The third-order valence-electron chi connectivity index (χ3n) is 3.27. The second kappa shape index (κ2) is 4.80. The van der Waals surface area contributed by atoms with Gasteiger partial charge in [-0.15, -0.1) is 0 Å². The SMILES string of the molecule is CCC(C)c1ccc(C(C)(C)CO)cc1. The van der Waals surface area contributed by atoms with E-state index < -0.39 is 0 Å². The maximum atomic E-state index is 9.27. The van der Waals surface area contributed by atoms with Gasteiger partial charge in [-0.2, -0.15) is 0 Å². The fourth-order valence-electron chi connectivity index (χ4n) is 1.59. The van der Waals surface area contributed by atoms with Crippen molar-refractivity contribution in [3.63, 3.8) is 0 Å². The second-order valence-electron chi connectivity index (χ2n) is 4.97. The number of benzene rings is 1. The first-order valence-electron chi connectivity index (χ1n) is 5.72. The third-order valence-corrected chi connectivity index (χ3v) is 3.27. The molecule has 1 N–H and O–H groups in total. The van der Waals surface area contributed by atoms with Crippen LogP contribution in [0.1, 0.15) is 51.2 Å². The zero-order chi connectivity index (χ0) is 11.5. The van der Waals surface area contributed by atoms with Crippen LogP contribution in [0.5, 0.6) is 0 Å². The molecule has 0 bridgehead atoms. The van der Waals surface area contributed by atoms with E-state index in [1.54, 1.807) is 0 Å². The van der Waals surface area contributed by atoms with Crippen molar-refractivity contribution < 1.29 is 5.11 Å². The van der Waals surface area contributed by atoms with E-state index in [0.717, 1.165) is 0 Å². The van der Waals surface area contributed by atoms with Crippen molar-refractivity contribution in [2.24, 2.45) is 0 Å². The average Bonchev–Trinajstić information content (AvgIpc) is 2.28. The summed E-state index contributed by atoms with van der Waals surface area (Å²) in [7, 11) is 0. The van der Waals surface area contributed by atoms with Gasteiger partial charge in [0.25, 0.3) is 0 Å². The molecule has 1 aromatic rings. The first-order chi connectivity index (χ1) is 7.01. The third kappa shape index (κ3) is 2.82. The van der Waals surface area contributed by atoms with Crippen molar-refractivity contribution in [2.75, 3.05) is 6.61 Å². The Morgan fingerprint density at radius 1 is 1.20 bits per heavy atom. The predicted molar refractivity (Wildman–Crippen MR) is 65.3 cm³/mol. The highest BCUT2D eigenvalue weighted by atomic mass is 16.3. The van der Waals surface area contributed by atoms with Crippen molar-refractivity contribution in [2.45, 2.75) is 45.4 Å². The van der Waals surface area contributed by atoms with Gasteiger partial charge in [0.15, 0.2) is 0 Å². The molecule has 0 fully saturated rings. The largest absolute Gasteiger partial charge is 0.395 e. The molecule has 15 heavy (non-hydrogen) atoms. The summed E-state index contributed by atoms with van der Waals surface area (Å²) < 4.78 is 0. The van der Waals surface area contributed by atoms with Gasteiger partial charge >= 0.3 is 0 Å². The van der Waals surface area contributed by atoms with Gasteiger partial charge < -0.3 is 5.11 Å². The normalized spacial score (nSPS) is 13.9. The molecule has 1 aromatic carbocycles. The van der Waals surface area contributed by atoms with Crippen LogP contribution < -0.4 is 0 Å². The number of rotatable bonds is 4. The van der Waals surface area contributed by atoms with Crippen LogP contribution in [0.3, 0.4) is 0 Å². The summed E-state index contributed by atoms with van der Waals surface area (Å²) in [6.45, 7) is 8.76. The summed E-state index contributed by atoms with van der Waals surface area (Å²) in [5, 5.41) is 9.27. The second-order valence-corrected chi connectivity index (χ2v) is 4.97. The molecular weight excluding hydrogens is 184 g/mol. The Labute approximate surface area is 93.1 Å². The molecule has 1 rings (SSSR count). The van der Waals surface area contributed by atoms with Gasteiger partial charge in [-0.1, -0.05) is 52.0 Å². The van der Waals surface area contributed by atoms with Crippen molar-refractivity contribution in [1.82, 2.24) is 0 Å². The maximum absolute atomic E-state index is 9.27. The number of hydrogen-bond donors (Lipinski definition) is 1. The van der Waals surface area contributed by atoms with E-state index in [-0.39, 0.29) is 12.0 Å². The van der Waals surface area contributed by atoms with Crippen LogP contribution in [0.25, 0.3) is 0 Å². The van der Waals surface area contributed by atoms with E-state index in [1.807, 2.05) is 0 Å². The zero-order valence-electron chi connectivity index (χ0n) is 10.2. The highest BCUT2D eigenvalue weighted by Crippen LogP contribution is 2.25. The minimum atomic E-state index is -0.131.